The van der Waals surface area contributed by atoms with Crippen LogP contribution in [0.1, 0.15) is 30.9 Å². The summed E-state index contributed by atoms with van der Waals surface area (Å²) in [5.74, 6) is 0. The summed E-state index contributed by atoms with van der Waals surface area (Å²) in [5.41, 5.74) is 2.03. The number of alkyl halides is 3. The van der Waals surface area contributed by atoms with Crippen molar-refractivity contribution in [3.8, 4) is 0 Å². The molecule has 1 saturated carbocycles. The molecular formula is C15H20BrF3N2. The number of benzene rings is 1. The zero-order chi connectivity index (χ0) is 15.5. The predicted molar refractivity (Wildman–Crippen MR) is 81.0 cm³/mol. The van der Waals surface area contributed by atoms with Gasteiger partial charge in [0.05, 0.1) is 6.54 Å². The lowest BCUT2D eigenvalue weighted by molar-refractivity contribution is -0.148. The highest BCUT2D eigenvalue weighted by atomic mass is 79.9. The number of halogens is 4. The Hall–Kier alpha value is -0.590. The molecule has 21 heavy (non-hydrogen) atoms. The first-order valence-electron chi connectivity index (χ1n) is 7.18. The number of nitrogens with one attached hydrogen (secondary N) is 1. The molecule has 0 atom stereocenters. The van der Waals surface area contributed by atoms with Gasteiger partial charge < -0.3 is 5.32 Å². The number of hydrogen-bond donors (Lipinski definition) is 1. The molecular weight excluding hydrogens is 345 g/mol. The van der Waals surface area contributed by atoms with E-state index < -0.39 is 12.7 Å². The molecule has 1 N–H and O–H groups in total. The average Bonchev–Trinajstić information content (AvgIpc) is 3.21. The van der Waals surface area contributed by atoms with Crippen molar-refractivity contribution in [2.45, 2.75) is 45.1 Å². The first-order chi connectivity index (χ1) is 9.89. The molecule has 6 heteroatoms. The van der Waals surface area contributed by atoms with Crippen LogP contribution in [0.3, 0.4) is 0 Å². The van der Waals surface area contributed by atoms with Crippen LogP contribution in [0.5, 0.6) is 0 Å². The molecule has 0 aromatic heterocycles. The molecule has 1 aromatic carbocycles. The second kappa shape index (κ2) is 7.11. The van der Waals surface area contributed by atoms with Gasteiger partial charge in [0.25, 0.3) is 0 Å². The fourth-order valence-corrected chi connectivity index (χ4v) is 2.85. The predicted octanol–water partition coefficient (Wildman–Crippen LogP) is 4.09. The summed E-state index contributed by atoms with van der Waals surface area (Å²) in [5, 5.41) is 3.23. The molecule has 0 bridgehead atoms. The van der Waals surface area contributed by atoms with Gasteiger partial charge in [0.1, 0.15) is 0 Å². The van der Waals surface area contributed by atoms with Crippen molar-refractivity contribution in [3.05, 3.63) is 33.8 Å². The minimum Gasteiger partial charge on any atom is -0.313 e. The van der Waals surface area contributed by atoms with Gasteiger partial charge in [-0.05, 0) is 36.6 Å². The highest BCUT2D eigenvalue weighted by Crippen LogP contribution is 2.32. The second-order valence-corrected chi connectivity index (χ2v) is 6.31. The Morgan fingerprint density at radius 2 is 2.05 bits per heavy atom. The molecule has 0 heterocycles. The molecule has 1 aromatic rings. The summed E-state index contributed by atoms with van der Waals surface area (Å²) in [6.07, 6.45) is -2.40. The van der Waals surface area contributed by atoms with E-state index in [4.69, 9.17) is 0 Å². The highest BCUT2D eigenvalue weighted by molar-refractivity contribution is 9.10. The second-order valence-electron chi connectivity index (χ2n) is 5.46. The summed E-state index contributed by atoms with van der Waals surface area (Å²) >= 11 is 3.48. The monoisotopic (exact) mass is 364 g/mol. The fraction of sp³-hybridized carbons (Fsp3) is 0.600. The third kappa shape index (κ3) is 5.60. The summed E-state index contributed by atoms with van der Waals surface area (Å²) in [7, 11) is 0. The van der Waals surface area contributed by atoms with E-state index in [9.17, 15) is 13.2 Å². The molecule has 0 spiro atoms. The van der Waals surface area contributed by atoms with Crippen LogP contribution in [-0.2, 0) is 13.1 Å². The molecule has 2 rings (SSSR count). The van der Waals surface area contributed by atoms with Crippen molar-refractivity contribution in [2.75, 3.05) is 13.1 Å². The SMILES string of the molecule is CCNCc1ccc(CN(CC(F)(F)F)C2CC2)c(Br)c1. The molecule has 0 aliphatic heterocycles. The Morgan fingerprint density at radius 3 is 2.57 bits per heavy atom. The molecule has 0 saturated heterocycles. The van der Waals surface area contributed by atoms with E-state index in [0.29, 0.717) is 6.54 Å². The Kier molecular flexibility index (Phi) is 5.68. The minimum atomic E-state index is -4.14. The van der Waals surface area contributed by atoms with Crippen LogP contribution in [0, 0.1) is 0 Å². The molecule has 1 aliphatic carbocycles. The van der Waals surface area contributed by atoms with Crippen molar-refractivity contribution >= 4 is 15.9 Å². The third-order valence-corrected chi connectivity index (χ3v) is 4.25. The molecule has 0 amide bonds. The summed E-state index contributed by atoms with van der Waals surface area (Å²) in [4.78, 5) is 1.53. The van der Waals surface area contributed by atoms with Gasteiger partial charge in [0.15, 0.2) is 0 Å². The summed E-state index contributed by atoms with van der Waals surface area (Å²) in [6.45, 7) is 3.20. The van der Waals surface area contributed by atoms with Crippen LogP contribution in [0.2, 0.25) is 0 Å². The molecule has 0 unspecified atom stereocenters. The Morgan fingerprint density at radius 1 is 1.33 bits per heavy atom. The fourth-order valence-electron chi connectivity index (χ4n) is 2.30. The molecule has 118 valence electrons. The minimum absolute atomic E-state index is 0.0833. The average molecular weight is 365 g/mol. The van der Waals surface area contributed by atoms with Crippen molar-refractivity contribution in [3.63, 3.8) is 0 Å². The van der Waals surface area contributed by atoms with E-state index in [-0.39, 0.29) is 6.04 Å². The molecule has 0 radical (unpaired) electrons. The van der Waals surface area contributed by atoms with Gasteiger partial charge in [-0.2, -0.15) is 13.2 Å². The lowest BCUT2D eigenvalue weighted by Gasteiger charge is -2.24. The molecule has 1 aliphatic rings. The van der Waals surface area contributed by atoms with Crippen molar-refractivity contribution in [2.24, 2.45) is 0 Å². The van der Waals surface area contributed by atoms with Crippen molar-refractivity contribution < 1.29 is 13.2 Å². The third-order valence-electron chi connectivity index (χ3n) is 3.52. The van der Waals surface area contributed by atoms with Gasteiger partial charge in [-0.15, -0.1) is 0 Å². The highest BCUT2D eigenvalue weighted by Gasteiger charge is 2.38. The van der Waals surface area contributed by atoms with Crippen LogP contribution in [0.4, 0.5) is 13.2 Å². The zero-order valence-corrected chi connectivity index (χ0v) is 13.6. The van der Waals surface area contributed by atoms with Crippen molar-refractivity contribution in [1.29, 1.82) is 0 Å². The van der Waals surface area contributed by atoms with Gasteiger partial charge in [-0.1, -0.05) is 35.0 Å². The summed E-state index contributed by atoms with van der Waals surface area (Å²) in [6, 6.07) is 5.96. The topological polar surface area (TPSA) is 15.3 Å². The lowest BCUT2D eigenvalue weighted by Crippen LogP contribution is -2.35. The maximum Gasteiger partial charge on any atom is 0.401 e. The van der Waals surface area contributed by atoms with Crippen LogP contribution in [-0.4, -0.2) is 30.2 Å². The maximum atomic E-state index is 12.6. The first-order valence-corrected chi connectivity index (χ1v) is 7.97. The summed E-state index contributed by atoms with van der Waals surface area (Å²) < 4.78 is 38.8. The largest absolute Gasteiger partial charge is 0.401 e. The van der Waals surface area contributed by atoms with Gasteiger partial charge in [0, 0.05) is 23.6 Å². The van der Waals surface area contributed by atoms with E-state index >= 15 is 0 Å². The van der Waals surface area contributed by atoms with Crippen molar-refractivity contribution in [1.82, 2.24) is 10.2 Å². The van der Waals surface area contributed by atoms with Crippen LogP contribution in [0.25, 0.3) is 0 Å². The number of nitrogens with zero attached hydrogens (tertiary/aromatic N) is 1. The van der Waals surface area contributed by atoms with Crippen LogP contribution >= 0.6 is 15.9 Å². The Bertz CT molecular complexity index is 472. The number of hydrogen-bond acceptors (Lipinski definition) is 2. The Labute approximate surface area is 131 Å². The van der Waals surface area contributed by atoms with Crippen LogP contribution in [0.15, 0.2) is 22.7 Å². The van der Waals surface area contributed by atoms with Gasteiger partial charge >= 0.3 is 6.18 Å². The van der Waals surface area contributed by atoms with Gasteiger partial charge in [0.2, 0.25) is 0 Å². The van der Waals surface area contributed by atoms with E-state index in [1.54, 1.807) is 0 Å². The first kappa shape index (κ1) is 16.8. The lowest BCUT2D eigenvalue weighted by atomic mass is 10.1. The van der Waals surface area contributed by atoms with E-state index in [0.717, 1.165) is 41.5 Å². The van der Waals surface area contributed by atoms with E-state index in [2.05, 4.69) is 21.2 Å². The standard InChI is InChI=1S/C15H20BrF3N2/c1-2-20-8-11-3-4-12(14(16)7-11)9-21(13-5-6-13)10-15(17,18)19/h3-4,7,13,20H,2,5-6,8-10H2,1H3. The Balaban J connectivity index is 2.03. The van der Waals surface area contributed by atoms with Gasteiger partial charge in [-0.25, -0.2) is 0 Å². The van der Waals surface area contributed by atoms with Crippen LogP contribution < -0.4 is 5.32 Å². The quantitative estimate of drug-likeness (QED) is 0.783. The smallest absolute Gasteiger partial charge is 0.313 e. The maximum absolute atomic E-state index is 12.6. The van der Waals surface area contributed by atoms with E-state index in [1.807, 2.05) is 25.1 Å². The molecule has 2 nitrogen and oxygen atoms in total. The zero-order valence-electron chi connectivity index (χ0n) is 12.0. The molecule has 1 fully saturated rings. The normalized spacial score (nSPS) is 15.7. The van der Waals surface area contributed by atoms with E-state index in [1.165, 1.54) is 4.90 Å². The number of rotatable bonds is 7. The van der Waals surface area contributed by atoms with Gasteiger partial charge in [-0.3, -0.25) is 4.90 Å².